The molecule has 0 spiro atoms. The maximum Gasteiger partial charge on any atom is 0.306 e. The SMILES string of the molecule is CCCCC(CCc1scnc1C)C(=O)O. The molecule has 0 saturated carbocycles. The topological polar surface area (TPSA) is 50.2 Å². The Morgan fingerprint density at radius 1 is 1.56 bits per heavy atom. The normalized spacial score (nSPS) is 12.6. The number of carboxylic acids is 1. The molecule has 4 heteroatoms. The van der Waals surface area contributed by atoms with Gasteiger partial charge in [-0.3, -0.25) is 4.79 Å². The van der Waals surface area contributed by atoms with Gasteiger partial charge in [-0.1, -0.05) is 19.8 Å². The van der Waals surface area contributed by atoms with Gasteiger partial charge >= 0.3 is 5.97 Å². The molecule has 1 rings (SSSR count). The van der Waals surface area contributed by atoms with E-state index in [1.54, 1.807) is 11.3 Å². The van der Waals surface area contributed by atoms with Gasteiger partial charge in [0.1, 0.15) is 0 Å². The predicted octanol–water partition coefficient (Wildman–Crippen LogP) is 3.28. The summed E-state index contributed by atoms with van der Waals surface area (Å²) in [7, 11) is 0. The first-order valence-corrected chi connectivity index (χ1v) is 6.64. The molecule has 0 fully saturated rings. The molecule has 0 radical (unpaired) electrons. The van der Waals surface area contributed by atoms with Crippen molar-refractivity contribution in [2.24, 2.45) is 5.92 Å². The highest BCUT2D eigenvalue weighted by atomic mass is 32.1. The van der Waals surface area contributed by atoms with Gasteiger partial charge in [0.25, 0.3) is 0 Å². The summed E-state index contributed by atoms with van der Waals surface area (Å²) in [4.78, 5) is 16.4. The van der Waals surface area contributed by atoms with Crippen LogP contribution in [0.1, 0.15) is 43.2 Å². The van der Waals surface area contributed by atoms with E-state index in [0.717, 1.165) is 37.8 Å². The largest absolute Gasteiger partial charge is 0.481 e. The second kappa shape index (κ2) is 6.63. The van der Waals surface area contributed by atoms with Gasteiger partial charge < -0.3 is 5.11 Å². The maximum atomic E-state index is 11.0. The molecular weight excluding hydrogens is 222 g/mol. The predicted molar refractivity (Wildman–Crippen MR) is 65.8 cm³/mol. The molecule has 1 aromatic heterocycles. The van der Waals surface area contributed by atoms with Crippen LogP contribution < -0.4 is 0 Å². The number of hydrogen-bond donors (Lipinski definition) is 1. The molecule has 1 aromatic rings. The number of thiazole rings is 1. The molecule has 90 valence electrons. The van der Waals surface area contributed by atoms with Crippen molar-refractivity contribution in [2.45, 2.75) is 46.0 Å². The van der Waals surface area contributed by atoms with Crippen LogP contribution in [0.3, 0.4) is 0 Å². The van der Waals surface area contributed by atoms with Crippen molar-refractivity contribution in [1.29, 1.82) is 0 Å². The summed E-state index contributed by atoms with van der Waals surface area (Å²) < 4.78 is 0. The lowest BCUT2D eigenvalue weighted by atomic mass is 9.96. The van der Waals surface area contributed by atoms with Crippen LogP contribution in [0.2, 0.25) is 0 Å². The second-order valence-electron chi connectivity index (χ2n) is 4.08. The van der Waals surface area contributed by atoms with Crippen LogP contribution >= 0.6 is 11.3 Å². The standard InChI is InChI=1S/C12H19NO2S/c1-3-4-5-10(12(14)15)6-7-11-9(2)13-8-16-11/h8,10H,3-7H2,1-2H3,(H,14,15). The van der Waals surface area contributed by atoms with Gasteiger partial charge in [-0.25, -0.2) is 4.98 Å². The average molecular weight is 241 g/mol. The van der Waals surface area contributed by atoms with Crippen molar-refractivity contribution in [3.05, 3.63) is 16.1 Å². The Bertz CT molecular complexity index is 336. The third-order valence-corrected chi connectivity index (χ3v) is 3.81. The number of aliphatic carboxylic acids is 1. The fourth-order valence-corrected chi connectivity index (χ4v) is 2.51. The van der Waals surface area contributed by atoms with Crippen LogP contribution in [-0.2, 0) is 11.2 Å². The summed E-state index contributed by atoms with van der Waals surface area (Å²) in [5, 5.41) is 9.09. The van der Waals surface area contributed by atoms with Crippen molar-refractivity contribution in [3.63, 3.8) is 0 Å². The Balaban J connectivity index is 2.44. The molecule has 1 heterocycles. The molecule has 3 nitrogen and oxygen atoms in total. The van der Waals surface area contributed by atoms with E-state index in [1.165, 1.54) is 4.88 Å². The summed E-state index contributed by atoms with van der Waals surface area (Å²) in [6.07, 6.45) is 4.43. The van der Waals surface area contributed by atoms with Crippen molar-refractivity contribution in [3.8, 4) is 0 Å². The number of rotatable bonds is 7. The summed E-state index contributed by atoms with van der Waals surface area (Å²) in [5.74, 6) is -0.850. The second-order valence-corrected chi connectivity index (χ2v) is 5.02. The number of carboxylic acid groups (broad SMARTS) is 1. The van der Waals surface area contributed by atoms with Crippen LogP contribution in [0, 0.1) is 12.8 Å². The zero-order valence-corrected chi connectivity index (χ0v) is 10.7. The summed E-state index contributed by atoms with van der Waals surface area (Å²) in [6.45, 7) is 4.07. The third kappa shape index (κ3) is 3.93. The Hall–Kier alpha value is -0.900. The highest BCUT2D eigenvalue weighted by Gasteiger charge is 2.17. The van der Waals surface area contributed by atoms with E-state index in [4.69, 9.17) is 5.11 Å². The molecule has 0 amide bonds. The van der Waals surface area contributed by atoms with Crippen LogP contribution in [0.15, 0.2) is 5.51 Å². The van der Waals surface area contributed by atoms with E-state index in [-0.39, 0.29) is 5.92 Å². The first kappa shape index (κ1) is 13.2. The Kier molecular flexibility index (Phi) is 5.46. The molecule has 1 unspecified atom stereocenters. The zero-order chi connectivity index (χ0) is 12.0. The molecule has 1 N–H and O–H groups in total. The first-order chi connectivity index (χ1) is 7.65. The van der Waals surface area contributed by atoms with Gasteiger partial charge in [-0.05, 0) is 26.2 Å². The smallest absolute Gasteiger partial charge is 0.306 e. The number of hydrogen-bond acceptors (Lipinski definition) is 3. The van der Waals surface area contributed by atoms with Gasteiger partial charge in [0.2, 0.25) is 0 Å². The van der Waals surface area contributed by atoms with Crippen molar-refractivity contribution in [1.82, 2.24) is 4.98 Å². The molecule has 0 aliphatic carbocycles. The highest BCUT2D eigenvalue weighted by Crippen LogP contribution is 2.20. The number of unbranched alkanes of at least 4 members (excludes halogenated alkanes) is 1. The Morgan fingerprint density at radius 3 is 2.81 bits per heavy atom. The summed E-state index contributed by atoms with van der Waals surface area (Å²) in [6, 6.07) is 0. The molecule has 16 heavy (non-hydrogen) atoms. The van der Waals surface area contributed by atoms with E-state index < -0.39 is 5.97 Å². The number of nitrogens with zero attached hydrogens (tertiary/aromatic N) is 1. The van der Waals surface area contributed by atoms with E-state index in [2.05, 4.69) is 11.9 Å². The first-order valence-electron chi connectivity index (χ1n) is 5.77. The fourth-order valence-electron chi connectivity index (χ4n) is 1.71. The minimum absolute atomic E-state index is 0.193. The summed E-state index contributed by atoms with van der Waals surface area (Å²) >= 11 is 1.62. The molecule has 0 saturated heterocycles. The lowest BCUT2D eigenvalue weighted by Gasteiger charge is -2.10. The fraction of sp³-hybridized carbons (Fsp3) is 0.667. The minimum Gasteiger partial charge on any atom is -0.481 e. The van der Waals surface area contributed by atoms with Gasteiger partial charge in [0, 0.05) is 4.88 Å². The average Bonchev–Trinajstić information content (AvgIpc) is 2.64. The lowest BCUT2D eigenvalue weighted by molar-refractivity contribution is -0.142. The Morgan fingerprint density at radius 2 is 2.31 bits per heavy atom. The van der Waals surface area contributed by atoms with E-state index in [9.17, 15) is 4.79 Å². The van der Waals surface area contributed by atoms with E-state index in [0.29, 0.717) is 0 Å². The zero-order valence-electron chi connectivity index (χ0n) is 9.90. The highest BCUT2D eigenvalue weighted by molar-refractivity contribution is 7.09. The number of aryl methyl sites for hydroxylation is 2. The summed E-state index contributed by atoms with van der Waals surface area (Å²) in [5.41, 5.74) is 2.87. The van der Waals surface area contributed by atoms with Crippen LogP contribution in [0.5, 0.6) is 0 Å². The van der Waals surface area contributed by atoms with Gasteiger partial charge in [-0.15, -0.1) is 11.3 Å². The number of aromatic nitrogens is 1. The molecular formula is C12H19NO2S. The molecule has 0 aliphatic rings. The van der Waals surface area contributed by atoms with Crippen LogP contribution in [0.4, 0.5) is 0 Å². The Labute approximate surface area is 101 Å². The van der Waals surface area contributed by atoms with Crippen LogP contribution in [0.25, 0.3) is 0 Å². The van der Waals surface area contributed by atoms with Crippen molar-refractivity contribution in [2.75, 3.05) is 0 Å². The van der Waals surface area contributed by atoms with Gasteiger partial charge in [0.15, 0.2) is 0 Å². The van der Waals surface area contributed by atoms with Gasteiger partial charge in [-0.2, -0.15) is 0 Å². The van der Waals surface area contributed by atoms with E-state index >= 15 is 0 Å². The molecule has 0 bridgehead atoms. The van der Waals surface area contributed by atoms with Crippen LogP contribution in [-0.4, -0.2) is 16.1 Å². The van der Waals surface area contributed by atoms with Crippen molar-refractivity contribution >= 4 is 17.3 Å². The molecule has 0 aliphatic heterocycles. The molecule has 1 atom stereocenters. The quantitative estimate of drug-likeness (QED) is 0.797. The maximum absolute atomic E-state index is 11.0. The minimum atomic E-state index is -0.657. The van der Waals surface area contributed by atoms with Crippen molar-refractivity contribution < 1.29 is 9.90 Å². The lowest BCUT2D eigenvalue weighted by Crippen LogP contribution is -2.14. The molecule has 0 aromatic carbocycles. The number of carbonyl (C=O) groups is 1. The van der Waals surface area contributed by atoms with Gasteiger partial charge in [0.05, 0.1) is 17.1 Å². The third-order valence-electron chi connectivity index (χ3n) is 2.82. The van der Waals surface area contributed by atoms with E-state index in [1.807, 2.05) is 12.4 Å². The monoisotopic (exact) mass is 241 g/mol.